The summed E-state index contributed by atoms with van der Waals surface area (Å²) >= 11 is 1.66. The van der Waals surface area contributed by atoms with Crippen LogP contribution in [0.1, 0.15) is 5.69 Å². The number of oxazole rings is 1. The lowest BCUT2D eigenvalue weighted by Gasteiger charge is -2.24. The second-order valence-corrected chi connectivity index (χ2v) is 4.84. The molecule has 18 heavy (non-hydrogen) atoms. The molecule has 1 atom stereocenters. The minimum Gasteiger partial charge on any atom is -0.443 e. The Morgan fingerprint density at radius 3 is 3.33 bits per heavy atom. The minimum atomic E-state index is 0.143. The molecular formula is C12H8N4OS. The summed E-state index contributed by atoms with van der Waals surface area (Å²) in [6, 6.07) is 1.82. The van der Waals surface area contributed by atoms with Crippen molar-refractivity contribution in [1.82, 2.24) is 15.0 Å². The molecule has 0 spiro atoms. The molecule has 6 heteroatoms. The number of hydrogen-bond donors (Lipinski definition) is 0. The summed E-state index contributed by atoms with van der Waals surface area (Å²) < 4.78 is 5.31. The van der Waals surface area contributed by atoms with Gasteiger partial charge in [-0.05, 0) is 6.08 Å². The highest BCUT2D eigenvalue weighted by atomic mass is 32.2. The van der Waals surface area contributed by atoms with E-state index in [2.05, 4.69) is 21.1 Å². The Morgan fingerprint density at radius 2 is 2.33 bits per heavy atom. The first-order valence-corrected chi connectivity index (χ1v) is 6.41. The van der Waals surface area contributed by atoms with Gasteiger partial charge < -0.3 is 4.42 Å². The highest BCUT2D eigenvalue weighted by Gasteiger charge is 2.29. The molecule has 4 rings (SSSR count). The van der Waals surface area contributed by atoms with Gasteiger partial charge in [-0.3, -0.25) is 9.99 Å². The van der Waals surface area contributed by atoms with Crippen molar-refractivity contribution in [1.29, 1.82) is 0 Å². The fraction of sp³-hybridized carbons (Fsp3) is 0.0833. The molecule has 0 amide bonds. The maximum atomic E-state index is 5.31. The zero-order valence-electron chi connectivity index (χ0n) is 9.22. The van der Waals surface area contributed by atoms with Gasteiger partial charge in [0.05, 0.1) is 11.2 Å². The van der Waals surface area contributed by atoms with Gasteiger partial charge in [0.1, 0.15) is 10.9 Å². The molecule has 2 aliphatic heterocycles. The minimum absolute atomic E-state index is 0.143. The Labute approximate surface area is 107 Å². The SMILES string of the molecule is C1=CN2N=CSC2C(c2nccc3ocnc23)=C1. The summed E-state index contributed by atoms with van der Waals surface area (Å²) in [5, 5.41) is 6.33. The smallest absolute Gasteiger partial charge is 0.182 e. The molecule has 0 N–H and O–H groups in total. The van der Waals surface area contributed by atoms with Crippen molar-refractivity contribution in [2.45, 2.75) is 5.37 Å². The molecule has 0 saturated heterocycles. The highest BCUT2D eigenvalue weighted by Crippen LogP contribution is 2.37. The zero-order chi connectivity index (χ0) is 11.9. The quantitative estimate of drug-likeness (QED) is 0.784. The number of pyridine rings is 1. The fourth-order valence-electron chi connectivity index (χ4n) is 2.11. The lowest BCUT2D eigenvalue weighted by molar-refractivity contribution is 0.431. The van der Waals surface area contributed by atoms with E-state index in [0.29, 0.717) is 0 Å². The van der Waals surface area contributed by atoms with Crippen LogP contribution in [0, 0.1) is 0 Å². The van der Waals surface area contributed by atoms with Gasteiger partial charge in [-0.1, -0.05) is 17.8 Å². The van der Waals surface area contributed by atoms with Gasteiger partial charge in [-0.15, -0.1) is 0 Å². The van der Waals surface area contributed by atoms with Crippen LogP contribution in [0.5, 0.6) is 0 Å². The van der Waals surface area contributed by atoms with E-state index in [1.165, 1.54) is 6.39 Å². The van der Waals surface area contributed by atoms with Crippen molar-refractivity contribution in [3.05, 3.63) is 42.7 Å². The van der Waals surface area contributed by atoms with E-state index < -0.39 is 0 Å². The number of rotatable bonds is 1. The van der Waals surface area contributed by atoms with Crippen LogP contribution < -0.4 is 0 Å². The third kappa shape index (κ3) is 1.32. The number of hydrogen-bond acceptors (Lipinski definition) is 6. The third-order valence-corrected chi connectivity index (χ3v) is 3.86. The fourth-order valence-corrected chi connectivity index (χ4v) is 2.98. The molecule has 2 aromatic heterocycles. The summed E-state index contributed by atoms with van der Waals surface area (Å²) in [7, 11) is 0. The van der Waals surface area contributed by atoms with Crippen molar-refractivity contribution in [2.75, 3.05) is 0 Å². The van der Waals surface area contributed by atoms with Gasteiger partial charge in [0.15, 0.2) is 12.0 Å². The van der Waals surface area contributed by atoms with Crippen LogP contribution in [0.4, 0.5) is 0 Å². The van der Waals surface area contributed by atoms with Crippen LogP contribution >= 0.6 is 11.8 Å². The van der Waals surface area contributed by atoms with Crippen LogP contribution in [0.15, 0.2) is 46.5 Å². The topological polar surface area (TPSA) is 54.5 Å². The Balaban J connectivity index is 1.90. The van der Waals surface area contributed by atoms with Gasteiger partial charge in [0.2, 0.25) is 0 Å². The van der Waals surface area contributed by atoms with Gasteiger partial charge in [-0.25, -0.2) is 4.98 Å². The van der Waals surface area contributed by atoms with E-state index in [9.17, 15) is 0 Å². The van der Waals surface area contributed by atoms with Crippen LogP contribution in [0.25, 0.3) is 16.7 Å². The number of fused-ring (bicyclic) bond motifs is 2. The molecule has 88 valence electrons. The molecule has 2 aromatic rings. The van der Waals surface area contributed by atoms with Crippen molar-refractivity contribution in [3.63, 3.8) is 0 Å². The first-order valence-electron chi connectivity index (χ1n) is 5.47. The number of nitrogens with zero attached hydrogens (tertiary/aromatic N) is 4. The second kappa shape index (κ2) is 3.71. The Bertz CT molecular complexity index is 703. The molecule has 0 aliphatic carbocycles. The van der Waals surface area contributed by atoms with Gasteiger partial charge in [0, 0.05) is 24.0 Å². The van der Waals surface area contributed by atoms with Crippen LogP contribution in [-0.2, 0) is 0 Å². The van der Waals surface area contributed by atoms with Gasteiger partial charge in [-0.2, -0.15) is 5.10 Å². The second-order valence-electron chi connectivity index (χ2n) is 3.91. The average molecular weight is 256 g/mol. The predicted octanol–water partition coefficient (Wildman–Crippen LogP) is 2.45. The molecule has 0 bridgehead atoms. The maximum Gasteiger partial charge on any atom is 0.182 e. The van der Waals surface area contributed by atoms with Crippen LogP contribution in [-0.4, -0.2) is 25.9 Å². The molecule has 5 nitrogen and oxygen atoms in total. The summed E-state index contributed by atoms with van der Waals surface area (Å²) in [5.41, 5.74) is 5.35. The standard InChI is InChI=1S/C12H8N4OS/c1-2-8(12-16(5-1)15-7-18-12)10-11-9(3-4-13-10)17-6-14-11/h1-7,12H. The number of allylic oxidation sites excluding steroid dienone is 2. The van der Waals surface area contributed by atoms with E-state index in [-0.39, 0.29) is 5.37 Å². The van der Waals surface area contributed by atoms with Crippen LogP contribution in [0.2, 0.25) is 0 Å². The number of thioether (sulfide) groups is 1. The molecule has 2 aliphatic rings. The zero-order valence-corrected chi connectivity index (χ0v) is 10.0. The van der Waals surface area contributed by atoms with E-state index in [4.69, 9.17) is 4.42 Å². The Hall–Kier alpha value is -2.08. The molecule has 0 fully saturated rings. The van der Waals surface area contributed by atoms with E-state index in [1.54, 1.807) is 18.0 Å². The summed E-state index contributed by atoms with van der Waals surface area (Å²) in [6.07, 6.45) is 9.17. The molecular weight excluding hydrogens is 248 g/mol. The maximum absolute atomic E-state index is 5.31. The summed E-state index contributed by atoms with van der Waals surface area (Å²) in [4.78, 5) is 8.69. The van der Waals surface area contributed by atoms with E-state index in [1.807, 2.05) is 28.9 Å². The Morgan fingerprint density at radius 1 is 1.33 bits per heavy atom. The monoisotopic (exact) mass is 256 g/mol. The largest absolute Gasteiger partial charge is 0.443 e. The van der Waals surface area contributed by atoms with Crippen LogP contribution in [0.3, 0.4) is 0 Å². The summed E-state index contributed by atoms with van der Waals surface area (Å²) in [6.45, 7) is 0. The van der Waals surface area contributed by atoms with E-state index in [0.717, 1.165) is 22.4 Å². The predicted molar refractivity (Wildman–Crippen MR) is 70.6 cm³/mol. The van der Waals surface area contributed by atoms with Crippen molar-refractivity contribution < 1.29 is 4.42 Å². The normalized spacial score (nSPS) is 21.4. The van der Waals surface area contributed by atoms with E-state index >= 15 is 0 Å². The molecule has 1 unspecified atom stereocenters. The van der Waals surface area contributed by atoms with Gasteiger partial charge >= 0.3 is 0 Å². The lowest BCUT2D eigenvalue weighted by Crippen LogP contribution is -2.23. The van der Waals surface area contributed by atoms with Crippen molar-refractivity contribution >= 4 is 34.0 Å². The van der Waals surface area contributed by atoms with Gasteiger partial charge in [0.25, 0.3) is 0 Å². The first-order chi connectivity index (χ1) is 8.93. The molecule has 4 heterocycles. The average Bonchev–Trinajstić information content (AvgIpc) is 3.06. The molecule has 0 radical (unpaired) electrons. The molecule has 0 saturated carbocycles. The molecule has 0 aromatic carbocycles. The van der Waals surface area contributed by atoms with Crippen molar-refractivity contribution in [3.8, 4) is 0 Å². The first kappa shape index (κ1) is 9.90. The Kier molecular flexibility index (Phi) is 2.04. The highest BCUT2D eigenvalue weighted by molar-refractivity contribution is 8.13. The lowest BCUT2D eigenvalue weighted by atomic mass is 10.1. The summed E-state index contributed by atoms with van der Waals surface area (Å²) in [5.74, 6) is 0. The number of hydrazone groups is 1. The third-order valence-electron chi connectivity index (χ3n) is 2.91. The van der Waals surface area contributed by atoms with Crippen molar-refractivity contribution in [2.24, 2.45) is 5.10 Å². The number of aromatic nitrogens is 2.